The largest absolute Gasteiger partial charge is 0.481 e. The third-order valence-electron chi connectivity index (χ3n) is 5.39. The Morgan fingerprint density at radius 1 is 1.35 bits per heavy atom. The van der Waals surface area contributed by atoms with E-state index in [0.717, 1.165) is 45.2 Å². The molecule has 0 aromatic rings. The lowest BCUT2D eigenvalue weighted by atomic mass is 9.74. The van der Waals surface area contributed by atoms with Gasteiger partial charge in [-0.1, -0.05) is 13.3 Å². The molecular formula is C16H29NO3. The number of aliphatic carboxylic acids is 1. The molecule has 2 fully saturated rings. The van der Waals surface area contributed by atoms with Crippen LogP contribution in [0.25, 0.3) is 0 Å². The topological polar surface area (TPSA) is 49.8 Å². The monoisotopic (exact) mass is 283 g/mol. The molecule has 0 spiro atoms. The fourth-order valence-corrected chi connectivity index (χ4v) is 4.03. The molecular weight excluding hydrogens is 254 g/mol. The Bertz CT molecular complexity index is 324. The fourth-order valence-electron chi connectivity index (χ4n) is 4.03. The Morgan fingerprint density at radius 2 is 2.05 bits per heavy atom. The van der Waals surface area contributed by atoms with Gasteiger partial charge in [-0.2, -0.15) is 0 Å². The maximum atomic E-state index is 11.6. The molecule has 1 N–H and O–H groups in total. The lowest BCUT2D eigenvalue weighted by Gasteiger charge is -2.44. The van der Waals surface area contributed by atoms with Gasteiger partial charge in [-0.3, -0.25) is 4.79 Å². The van der Waals surface area contributed by atoms with E-state index in [1.165, 1.54) is 19.3 Å². The van der Waals surface area contributed by atoms with E-state index in [2.05, 4.69) is 11.8 Å². The van der Waals surface area contributed by atoms with Gasteiger partial charge in [-0.25, -0.2) is 0 Å². The number of rotatable bonds is 5. The predicted molar refractivity (Wildman–Crippen MR) is 78.8 cm³/mol. The zero-order valence-electron chi connectivity index (χ0n) is 12.9. The van der Waals surface area contributed by atoms with E-state index in [1.54, 1.807) is 7.11 Å². The van der Waals surface area contributed by atoms with E-state index in [-0.39, 0.29) is 0 Å². The van der Waals surface area contributed by atoms with Crippen LogP contribution in [0, 0.1) is 5.41 Å². The summed E-state index contributed by atoms with van der Waals surface area (Å²) in [7, 11) is 1.81. The summed E-state index contributed by atoms with van der Waals surface area (Å²) in [6, 6.07) is 0.599. The van der Waals surface area contributed by atoms with Crippen molar-refractivity contribution in [3.8, 4) is 0 Å². The minimum Gasteiger partial charge on any atom is -0.481 e. The molecule has 0 radical (unpaired) electrons. The molecule has 1 saturated heterocycles. The van der Waals surface area contributed by atoms with Crippen LogP contribution in [0.5, 0.6) is 0 Å². The summed E-state index contributed by atoms with van der Waals surface area (Å²) in [5.41, 5.74) is -0.458. The Hall–Kier alpha value is -0.610. The van der Waals surface area contributed by atoms with Gasteiger partial charge in [0.25, 0.3) is 0 Å². The van der Waals surface area contributed by atoms with Crippen molar-refractivity contribution < 1.29 is 14.6 Å². The van der Waals surface area contributed by atoms with Crippen LogP contribution in [0.3, 0.4) is 0 Å². The molecule has 4 heteroatoms. The first-order chi connectivity index (χ1) is 9.61. The van der Waals surface area contributed by atoms with Crippen LogP contribution in [-0.4, -0.2) is 48.3 Å². The first kappa shape index (κ1) is 15.8. The van der Waals surface area contributed by atoms with Gasteiger partial charge >= 0.3 is 5.97 Å². The number of carbonyl (C=O) groups is 1. The molecule has 0 aromatic heterocycles. The Labute approximate surface area is 122 Å². The van der Waals surface area contributed by atoms with E-state index < -0.39 is 11.4 Å². The highest BCUT2D eigenvalue weighted by molar-refractivity contribution is 5.74. The van der Waals surface area contributed by atoms with Gasteiger partial charge in [-0.15, -0.1) is 0 Å². The van der Waals surface area contributed by atoms with E-state index >= 15 is 0 Å². The third-order valence-corrected chi connectivity index (χ3v) is 5.39. The molecule has 2 rings (SSSR count). The number of carboxylic acid groups (broad SMARTS) is 1. The van der Waals surface area contributed by atoms with E-state index in [4.69, 9.17) is 4.74 Å². The van der Waals surface area contributed by atoms with Gasteiger partial charge in [0.15, 0.2) is 0 Å². The van der Waals surface area contributed by atoms with Crippen molar-refractivity contribution in [3.05, 3.63) is 0 Å². The molecule has 20 heavy (non-hydrogen) atoms. The average molecular weight is 283 g/mol. The van der Waals surface area contributed by atoms with Crippen LogP contribution in [0.4, 0.5) is 0 Å². The van der Waals surface area contributed by atoms with Crippen LogP contribution < -0.4 is 0 Å². The Kier molecular flexibility index (Phi) is 5.44. The maximum absolute atomic E-state index is 11.6. The van der Waals surface area contributed by atoms with Crippen LogP contribution in [0.2, 0.25) is 0 Å². The quantitative estimate of drug-likeness (QED) is 0.843. The number of hydrogen-bond acceptors (Lipinski definition) is 3. The highest BCUT2D eigenvalue weighted by Gasteiger charge is 2.42. The van der Waals surface area contributed by atoms with Crippen LogP contribution in [0.1, 0.15) is 58.3 Å². The van der Waals surface area contributed by atoms with Crippen molar-refractivity contribution in [2.75, 3.05) is 20.2 Å². The van der Waals surface area contributed by atoms with Crippen molar-refractivity contribution in [2.45, 2.75) is 70.4 Å². The molecule has 1 saturated carbocycles. The van der Waals surface area contributed by atoms with Crippen molar-refractivity contribution in [1.29, 1.82) is 0 Å². The summed E-state index contributed by atoms with van der Waals surface area (Å²) < 4.78 is 5.51. The van der Waals surface area contributed by atoms with Gasteiger partial charge in [0.05, 0.1) is 11.5 Å². The van der Waals surface area contributed by atoms with Gasteiger partial charge in [-0.05, 0) is 58.0 Å². The summed E-state index contributed by atoms with van der Waals surface area (Å²) in [5.74, 6) is -0.586. The number of carboxylic acids is 1. The standard InChI is InChI=1S/C16H29NO3/c1-3-7-16(15(18)19)8-10-17(11-9-16)13-5-4-6-14(12-13)20-2/h13-14H,3-12H2,1-2H3,(H,18,19). The van der Waals surface area contributed by atoms with Crippen molar-refractivity contribution in [3.63, 3.8) is 0 Å². The van der Waals surface area contributed by atoms with Gasteiger partial charge in [0.2, 0.25) is 0 Å². The third kappa shape index (κ3) is 3.34. The minimum atomic E-state index is -0.586. The fraction of sp³-hybridized carbons (Fsp3) is 0.938. The number of hydrogen-bond donors (Lipinski definition) is 1. The second kappa shape index (κ2) is 6.90. The number of methoxy groups -OCH3 is 1. The molecule has 0 bridgehead atoms. The van der Waals surface area contributed by atoms with E-state index in [9.17, 15) is 9.90 Å². The predicted octanol–water partition coefficient (Wildman–Crippen LogP) is 2.91. The summed E-state index contributed by atoms with van der Waals surface area (Å²) in [6.07, 6.45) is 8.57. The normalized spacial score (nSPS) is 31.1. The Balaban J connectivity index is 1.91. The van der Waals surface area contributed by atoms with Crippen molar-refractivity contribution >= 4 is 5.97 Å². The summed E-state index contributed by atoms with van der Waals surface area (Å²) in [4.78, 5) is 14.1. The highest BCUT2D eigenvalue weighted by Crippen LogP contribution is 2.38. The summed E-state index contributed by atoms with van der Waals surface area (Å²) >= 11 is 0. The zero-order chi connectivity index (χ0) is 14.6. The van der Waals surface area contributed by atoms with Crippen LogP contribution >= 0.6 is 0 Å². The number of piperidine rings is 1. The molecule has 1 aliphatic heterocycles. The van der Waals surface area contributed by atoms with Crippen molar-refractivity contribution in [2.24, 2.45) is 5.41 Å². The maximum Gasteiger partial charge on any atom is 0.309 e. The second-order valence-electron chi connectivity index (χ2n) is 6.55. The highest BCUT2D eigenvalue weighted by atomic mass is 16.5. The van der Waals surface area contributed by atoms with Crippen LogP contribution in [-0.2, 0) is 9.53 Å². The smallest absolute Gasteiger partial charge is 0.309 e. The number of likely N-dealkylation sites (tertiary alicyclic amines) is 1. The number of ether oxygens (including phenoxy) is 1. The van der Waals surface area contributed by atoms with Gasteiger partial charge in [0, 0.05) is 13.2 Å². The van der Waals surface area contributed by atoms with Gasteiger partial charge in [0.1, 0.15) is 0 Å². The van der Waals surface area contributed by atoms with Crippen LogP contribution in [0.15, 0.2) is 0 Å². The second-order valence-corrected chi connectivity index (χ2v) is 6.55. The van der Waals surface area contributed by atoms with Gasteiger partial charge < -0.3 is 14.7 Å². The molecule has 2 unspecified atom stereocenters. The molecule has 1 heterocycles. The summed E-state index contributed by atoms with van der Waals surface area (Å²) in [6.45, 7) is 3.96. The molecule has 116 valence electrons. The molecule has 0 amide bonds. The summed E-state index contributed by atoms with van der Waals surface area (Å²) in [5, 5.41) is 9.56. The van der Waals surface area contributed by atoms with E-state index in [1.807, 2.05) is 0 Å². The number of nitrogens with zero attached hydrogens (tertiary/aromatic N) is 1. The zero-order valence-corrected chi connectivity index (χ0v) is 12.9. The average Bonchev–Trinajstić information content (AvgIpc) is 2.48. The SMILES string of the molecule is CCCC1(C(=O)O)CCN(C2CCCC(OC)C2)CC1. The lowest BCUT2D eigenvalue weighted by molar-refractivity contribution is -0.153. The molecule has 4 nitrogen and oxygen atoms in total. The molecule has 2 aliphatic rings. The molecule has 0 aromatic carbocycles. The first-order valence-electron chi connectivity index (χ1n) is 8.11. The molecule has 2 atom stereocenters. The first-order valence-corrected chi connectivity index (χ1v) is 8.11. The lowest BCUT2D eigenvalue weighted by Crippen LogP contribution is -2.49. The van der Waals surface area contributed by atoms with Crippen molar-refractivity contribution in [1.82, 2.24) is 4.90 Å². The Morgan fingerprint density at radius 3 is 2.60 bits per heavy atom. The minimum absolute atomic E-state index is 0.399. The molecule has 1 aliphatic carbocycles. The van der Waals surface area contributed by atoms with E-state index in [0.29, 0.717) is 12.1 Å².